The van der Waals surface area contributed by atoms with E-state index in [1.807, 2.05) is 0 Å². The molecule has 142 valence electrons. The van der Waals surface area contributed by atoms with Gasteiger partial charge in [-0.15, -0.1) is 0 Å². The lowest BCUT2D eigenvalue weighted by molar-refractivity contribution is -0.139. The molecule has 2 aliphatic rings. The summed E-state index contributed by atoms with van der Waals surface area (Å²) >= 11 is 0. The average molecular weight is 357 g/mol. The lowest BCUT2D eigenvalue weighted by atomic mass is 9.98. The van der Waals surface area contributed by atoms with Gasteiger partial charge in [0.2, 0.25) is 0 Å². The second-order valence-corrected chi connectivity index (χ2v) is 7.51. The van der Waals surface area contributed by atoms with Crippen molar-refractivity contribution in [3.05, 3.63) is 29.3 Å². The van der Waals surface area contributed by atoms with Crippen LogP contribution in [0.2, 0.25) is 0 Å². The molecular formula is C21H31N3O2. The van der Waals surface area contributed by atoms with Crippen LogP contribution in [0.5, 0.6) is 0 Å². The number of carbonyl (C=O) groups is 2. The Bertz CT molecular complexity index is 638. The van der Waals surface area contributed by atoms with Crippen molar-refractivity contribution in [2.45, 2.75) is 64.3 Å². The van der Waals surface area contributed by atoms with Gasteiger partial charge in [0, 0.05) is 31.4 Å². The van der Waals surface area contributed by atoms with Crippen molar-refractivity contribution in [3.63, 3.8) is 0 Å². The third-order valence-corrected chi connectivity index (χ3v) is 5.45. The van der Waals surface area contributed by atoms with Gasteiger partial charge in [0.25, 0.3) is 0 Å². The van der Waals surface area contributed by atoms with Crippen molar-refractivity contribution >= 4 is 17.5 Å². The maximum Gasteiger partial charge on any atom is 0.309 e. The first-order valence-corrected chi connectivity index (χ1v) is 10.1. The highest BCUT2D eigenvalue weighted by molar-refractivity contribution is 6.35. The van der Waals surface area contributed by atoms with Gasteiger partial charge in [0.05, 0.1) is 0 Å². The minimum atomic E-state index is -0.510. The van der Waals surface area contributed by atoms with Crippen molar-refractivity contribution in [1.82, 2.24) is 10.6 Å². The van der Waals surface area contributed by atoms with Gasteiger partial charge < -0.3 is 15.5 Å². The fourth-order valence-electron chi connectivity index (χ4n) is 4.11. The number of amides is 2. The quantitative estimate of drug-likeness (QED) is 0.769. The van der Waals surface area contributed by atoms with E-state index >= 15 is 0 Å². The number of benzene rings is 1. The van der Waals surface area contributed by atoms with Crippen LogP contribution in [0.3, 0.4) is 0 Å². The largest absolute Gasteiger partial charge is 0.371 e. The fourth-order valence-corrected chi connectivity index (χ4v) is 4.11. The van der Waals surface area contributed by atoms with Crippen LogP contribution >= 0.6 is 0 Å². The Morgan fingerprint density at radius 3 is 2.73 bits per heavy atom. The molecule has 1 heterocycles. The molecule has 0 aromatic heterocycles. The van der Waals surface area contributed by atoms with Crippen LogP contribution in [0.25, 0.3) is 0 Å². The van der Waals surface area contributed by atoms with E-state index in [4.69, 9.17) is 0 Å². The van der Waals surface area contributed by atoms with Crippen molar-refractivity contribution in [1.29, 1.82) is 0 Å². The van der Waals surface area contributed by atoms with E-state index in [0.29, 0.717) is 6.54 Å². The van der Waals surface area contributed by atoms with E-state index in [2.05, 4.69) is 40.7 Å². The summed E-state index contributed by atoms with van der Waals surface area (Å²) in [5.41, 5.74) is 3.99. The molecule has 26 heavy (non-hydrogen) atoms. The van der Waals surface area contributed by atoms with Gasteiger partial charge in [-0.2, -0.15) is 0 Å². The molecule has 3 rings (SSSR count). The number of fused-ring (bicyclic) bond motifs is 1. The summed E-state index contributed by atoms with van der Waals surface area (Å²) in [5, 5.41) is 5.58. The number of hydrogen-bond donors (Lipinski definition) is 2. The zero-order valence-corrected chi connectivity index (χ0v) is 15.9. The van der Waals surface area contributed by atoms with Crippen molar-refractivity contribution in [2.24, 2.45) is 0 Å². The number of hydrogen-bond acceptors (Lipinski definition) is 3. The van der Waals surface area contributed by atoms with Crippen LogP contribution in [-0.4, -0.2) is 37.5 Å². The molecule has 0 bridgehead atoms. The van der Waals surface area contributed by atoms with E-state index < -0.39 is 11.8 Å². The van der Waals surface area contributed by atoms with E-state index in [-0.39, 0.29) is 6.04 Å². The highest BCUT2D eigenvalue weighted by Gasteiger charge is 2.21. The Labute approximate surface area is 156 Å². The summed E-state index contributed by atoms with van der Waals surface area (Å²) < 4.78 is 0. The van der Waals surface area contributed by atoms with Crippen molar-refractivity contribution in [2.75, 3.05) is 24.5 Å². The van der Waals surface area contributed by atoms with Gasteiger partial charge in [-0.3, -0.25) is 9.59 Å². The molecule has 1 aliphatic heterocycles. The summed E-state index contributed by atoms with van der Waals surface area (Å²) in [4.78, 5) is 26.3. The predicted octanol–water partition coefficient (Wildman–Crippen LogP) is 2.57. The first kappa shape index (κ1) is 18.7. The topological polar surface area (TPSA) is 61.4 Å². The number of aryl methyl sites for hydroxylation is 1. The van der Waals surface area contributed by atoms with Gasteiger partial charge in [-0.05, 0) is 55.7 Å². The van der Waals surface area contributed by atoms with Crippen LogP contribution in [0.4, 0.5) is 5.69 Å². The zero-order valence-electron chi connectivity index (χ0n) is 15.9. The maximum atomic E-state index is 11.9. The Morgan fingerprint density at radius 2 is 1.96 bits per heavy atom. The smallest absolute Gasteiger partial charge is 0.309 e. The lowest BCUT2D eigenvalue weighted by Gasteiger charge is -2.31. The van der Waals surface area contributed by atoms with Crippen LogP contribution in [-0.2, 0) is 22.4 Å². The average Bonchev–Trinajstić information content (AvgIpc) is 3.15. The van der Waals surface area contributed by atoms with E-state index in [1.54, 1.807) is 0 Å². The van der Waals surface area contributed by atoms with Crippen molar-refractivity contribution < 1.29 is 9.59 Å². The molecule has 2 amide bonds. The van der Waals surface area contributed by atoms with Gasteiger partial charge in [-0.25, -0.2) is 0 Å². The zero-order chi connectivity index (χ0) is 18.4. The molecule has 0 atom stereocenters. The Balaban J connectivity index is 1.47. The standard InChI is InChI=1S/C21H31N3O2/c1-2-13-24-14-5-6-17-15-16(9-10-19(17)24)11-12-22-20(25)21(26)23-18-7-3-4-8-18/h9-10,15,18H,2-8,11-14H2,1H3,(H,22,25)(H,23,26). The van der Waals surface area contributed by atoms with E-state index in [9.17, 15) is 9.59 Å². The molecular weight excluding hydrogens is 326 g/mol. The van der Waals surface area contributed by atoms with E-state index in [0.717, 1.165) is 58.0 Å². The van der Waals surface area contributed by atoms with Gasteiger partial charge in [0.15, 0.2) is 0 Å². The number of carbonyl (C=O) groups excluding carboxylic acids is 2. The third-order valence-electron chi connectivity index (χ3n) is 5.45. The van der Waals surface area contributed by atoms with Crippen LogP contribution < -0.4 is 15.5 Å². The molecule has 1 aromatic carbocycles. The number of anilines is 1. The summed E-state index contributed by atoms with van der Waals surface area (Å²) in [6.45, 7) is 4.97. The highest BCUT2D eigenvalue weighted by atomic mass is 16.2. The molecule has 1 aromatic rings. The second kappa shape index (κ2) is 9.06. The Kier molecular flexibility index (Phi) is 6.53. The molecule has 0 saturated heterocycles. The van der Waals surface area contributed by atoms with Gasteiger partial charge in [-0.1, -0.05) is 31.9 Å². The molecule has 1 aliphatic carbocycles. The molecule has 0 unspecified atom stereocenters. The Morgan fingerprint density at radius 1 is 1.15 bits per heavy atom. The SMILES string of the molecule is CCCN1CCCc2cc(CCNC(=O)C(=O)NC3CCCC3)ccc21. The minimum absolute atomic E-state index is 0.181. The monoisotopic (exact) mass is 357 g/mol. The molecule has 1 fully saturated rings. The summed E-state index contributed by atoms with van der Waals surface area (Å²) in [6, 6.07) is 6.81. The predicted molar refractivity (Wildman–Crippen MR) is 104 cm³/mol. The normalized spacial score (nSPS) is 17.0. The maximum absolute atomic E-state index is 11.9. The first-order chi connectivity index (χ1) is 12.7. The summed E-state index contributed by atoms with van der Waals surface area (Å²) in [5.74, 6) is -0.999. The van der Waals surface area contributed by atoms with Gasteiger partial charge >= 0.3 is 11.8 Å². The first-order valence-electron chi connectivity index (χ1n) is 10.1. The number of nitrogens with zero attached hydrogens (tertiary/aromatic N) is 1. The van der Waals surface area contributed by atoms with E-state index in [1.165, 1.54) is 23.2 Å². The molecule has 0 spiro atoms. The number of rotatable bonds is 6. The van der Waals surface area contributed by atoms with Crippen LogP contribution in [0, 0.1) is 0 Å². The summed E-state index contributed by atoms with van der Waals surface area (Å²) in [7, 11) is 0. The second-order valence-electron chi connectivity index (χ2n) is 7.51. The van der Waals surface area contributed by atoms with Crippen LogP contribution in [0.15, 0.2) is 18.2 Å². The fraction of sp³-hybridized carbons (Fsp3) is 0.619. The molecule has 2 N–H and O–H groups in total. The highest BCUT2D eigenvalue weighted by Crippen LogP contribution is 2.28. The Hall–Kier alpha value is -2.04. The van der Waals surface area contributed by atoms with Gasteiger partial charge in [0.1, 0.15) is 0 Å². The summed E-state index contributed by atoms with van der Waals surface area (Å²) in [6.07, 6.45) is 8.50. The number of nitrogens with one attached hydrogen (secondary N) is 2. The molecule has 5 heteroatoms. The lowest BCUT2D eigenvalue weighted by Crippen LogP contribution is -2.44. The molecule has 5 nitrogen and oxygen atoms in total. The molecule has 0 radical (unpaired) electrons. The van der Waals surface area contributed by atoms with Crippen molar-refractivity contribution in [3.8, 4) is 0 Å². The van der Waals surface area contributed by atoms with Crippen LogP contribution in [0.1, 0.15) is 56.6 Å². The minimum Gasteiger partial charge on any atom is -0.371 e. The third kappa shape index (κ3) is 4.77. The molecule has 1 saturated carbocycles.